The number of carbonyl (C=O) groups is 1. The molecule has 18 heavy (non-hydrogen) atoms. The number of hydrogen-bond donors (Lipinski definition) is 2. The Morgan fingerprint density at radius 1 is 1.61 bits per heavy atom. The minimum Gasteiger partial charge on any atom is -0.351 e. The molecular formula is C13H21N3OS. The first-order chi connectivity index (χ1) is 8.65. The summed E-state index contributed by atoms with van der Waals surface area (Å²) in [5, 5.41) is 7.96. The molecule has 4 nitrogen and oxygen atoms in total. The summed E-state index contributed by atoms with van der Waals surface area (Å²) in [6.45, 7) is 3.77. The molecule has 0 spiro atoms. The number of likely N-dealkylation sites (tertiary alicyclic amines) is 1. The first kappa shape index (κ1) is 13.4. The van der Waals surface area contributed by atoms with Crippen molar-refractivity contribution in [3.63, 3.8) is 0 Å². The smallest absolute Gasteiger partial charge is 0.314 e. The fourth-order valence-electron chi connectivity index (χ4n) is 2.49. The fourth-order valence-corrected chi connectivity index (χ4v) is 3.17. The normalized spacial score (nSPS) is 18.8. The van der Waals surface area contributed by atoms with E-state index in [0.717, 1.165) is 32.4 Å². The lowest BCUT2D eigenvalue weighted by atomic mass is 10.0. The number of hydrogen-bond acceptors (Lipinski definition) is 3. The van der Waals surface area contributed by atoms with Crippen LogP contribution in [0.15, 0.2) is 16.8 Å². The number of nitrogens with zero attached hydrogens (tertiary/aromatic N) is 1. The lowest BCUT2D eigenvalue weighted by molar-refractivity contribution is 0.183. The number of carbonyl (C=O) groups excluding carboxylic acids is 1. The molecule has 1 saturated heterocycles. The van der Waals surface area contributed by atoms with E-state index in [9.17, 15) is 4.79 Å². The first-order valence-electron chi connectivity index (χ1n) is 6.46. The van der Waals surface area contributed by atoms with Gasteiger partial charge in [-0.05, 0) is 48.6 Å². The Balaban J connectivity index is 1.72. The van der Waals surface area contributed by atoms with Crippen LogP contribution in [0.3, 0.4) is 0 Å². The first-order valence-corrected chi connectivity index (χ1v) is 7.41. The molecule has 1 unspecified atom stereocenters. The van der Waals surface area contributed by atoms with Gasteiger partial charge in [-0.1, -0.05) is 0 Å². The van der Waals surface area contributed by atoms with Crippen molar-refractivity contribution in [2.75, 3.05) is 13.1 Å². The van der Waals surface area contributed by atoms with Crippen LogP contribution < -0.4 is 11.1 Å². The van der Waals surface area contributed by atoms with Crippen molar-refractivity contribution >= 4 is 17.4 Å². The van der Waals surface area contributed by atoms with E-state index in [1.54, 1.807) is 16.2 Å². The molecular weight excluding hydrogens is 246 g/mol. The van der Waals surface area contributed by atoms with Gasteiger partial charge >= 0.3 is 6.03 Å². The topological polar surface area (TPSA) is 58.4 Å². The highest BCUT2D eigenvalue weighted by Gasteiger charge is 2.22. The Labute approximate surface area is 112 Å². The molecule has 2 rings (SSSR count). The summed E-state index contributed by atoms with van der Waals surface area (Å²) in [7, 11) is 0. The second-order valence-corrected chi connectivity index (χ2v) is 5.78. The number of thiophene rings is 1. The Morgan fingerprint density at radius 3 is 2.89 bits per heavy atom. The van der Waals surface area contributed by atoms with Crippen LogP contribution in [-0.2, 0) is 6.42 Å². The van der Waals surface area contributed by atoms with Gasteiger partial charge in [0.1, 0.15) is 0 Å². The van der Waals surface area contributed by atoms with Crippen molar-refractivity contribution < 1.29 is 4.79 Å². The number of nitrogens with one attached hydrogen (secondary N) is 1. The maximum atomic E-state index is 11.0. The van der Waals surface area contributed by atoms with Crippen LogP contribution in [-0.4, -0.2) is 36.1 Å². The molecule has 1 aromatic rings. The highest BCUT2D eigenvalue weighted by molar-refractivity contribution is 7.07. The van der Waals surface area contributed by atoms with Crippen LogP contribution in [0.5, 0.6) is 0 Å². The molecule has 2 heterocycles. The van der Waals surface area contributed by atoms with E-state index >= 15 is 0 Å². The number of primary amides is 1. The lowest BCUT2D eigenvalue weighted by Gasteiger charge is -2.33. The predicted octanol–water partition coefficient (Wildman–Crippen LogP) is 1.81. The molecule has 3 N–H and O–H groups in total. The Morgan fingerprint density at radius 2 is 2.33 bits per heavy atom. The van der Waals surface area contributed by atoms with E-state index in [-0.39, 0.29) is 6.03 Å². The third-order valence-electron chi connectivity index (χ3n) is 3.45. The zero-order chi connectivity index (χ0) is 13.0. The molecule has 100 valence electrons. The summed E-state index contributed by atoms with van der Waals surface area (Å²) in [4.78, 5) is 12.7. The second-order valence-electron chi connectivity index (χ2n) is 5.00. The Bertz CT molecular complexity index is 372. The highest BCUT2D eigenvalue weighted by Crippen LogP contribution is 2.13. The number of piperidine rings is 1. The lowest BCUT2D eigenvalue weighted by Crippen LogP contribution is -2.48. The quantitative estimate of drug-likeness (QED) is 0.874. The summed E-state index contributed by atoms with van der Waals surface area (Å²) in [5.41, 5.74) is 6.67. The Hall–Kier alpha value is -1.07. The van der Waals surface area contributed by atoms with Crippen molar-refractivity contribution in [2.45, 2.75) is 38.3 Å². The molecule has 1 aliphatic heterocycles. The van der Waals surface area contributed by atoms with Gasteiger partial charge in [0.25, 0.3) is 0 Å². The average molecular weight is 267 g/mol. The number of nitrogens with two attached hydrogens (primary N) is 1. The molecule has 0 radical (unpaired) electrons. The summed E-state index contributed by atoms with van der Waals surface area (Å²) < 4.78 is 0. The Kier molecular flexibility index (Phi) is 4.60. The molecule has 2 amide bonds. The van der Waals surface area contributed by atoms with Gasteiger partial charge in [0.2, 0.25) is 0 Å². The fraction of sp³-hybridized carbons (Fsp3) is 0.615. The zero-order valence-electron chi connectivity index (χ0n) is 10.8. The SMILES string of the molecule is CC(Cc1ccsc1)NC1CCN(C(N)=O)CC1. The van der Waals surface area contributed by atoms with E-state index in [0.29, 0.717) is 12.1 Å². The molecule has 5 heteroatoms. The summed E-state index contributed by atoms with van der Waals surface area (Å²) in [6.07, 6.45) is 3.06. The van der Waals surface area contributed by atoms with Crippen LogP contribution in [0, 0.1) is 0 Å². The second kappa shape index (κ2) is 6.20. The van der Waals surface area contributed by atoms with Crippen molar-refractivity contribution in [2.24, 2.45) is 5.73 Å². The molecule has 1 atom stereocenters. The number of rotatable bonds is 4. The molecule has 0 saturated carbocycles. The zero-order valence-corrected chi connectivity index (χ0v) is 11.6. The minimum atomic E-state index is -0.292. The van der Waals surface area contributed by atoms with Gasteiger partial charge in [-0.3, -0.25) is 0 Å². The van der Waals surface area contributed by atoms with Gasteiger partial charge < -0.3 is 16.0 Å². The molecule has 0 aliphatic carbocycles. The summed E-state index contributed by atoms with van der Waals surface area (Å²) in [6, 6.07) is 2.87. The predicted molar refractivity (Wildman–Crippen MR) is 74.8 cm³/mol. The summed E-state index contributed by atoms with van der Waals surface area (Å²) >= 11 is 1.75. The molecule has 1 fully saturated rings. The molecule has 0 aromatic carbocycles. The van der Waals surface area contributed by atoms with Gasteiger partial charge in [0.05, 0.1) is 0 Å². The maximum absolute atomic E-state index is 11.0. The maximum Gasteiger partial charge on any atom is 0.314 e. The molecule has 1 aliphatic rings. The van der Waals surface area contributed by atoms with Crippen LogP contribution in [0.25, 0.3) is 0 Å². The minimum absolute atomic E-state index is 0.292. The third-order valence-corrected chi connectivity index (χ3v) is 4.18. The van der Waals surface area contributed by atoms with Crippen molar-refractivity contribution in [3.05, 3.63) is 22.4 Å². The number of amides is 2. The average Bonchev–Trinajstić information content (AvgIpc) is 2.82. The van der Waals surface area contributed by atoms with Crippen LogP contribution in [0.2, 0.25) is 0 Å². The largest absolute Gasteiger partial charge is 0.351 e. The van der Waals surface area contributed by atoms with E-state index in [2.05, 4.69) is 29.1 Å². The van der Waals surface area contributed by atoms with E-state index in [1.165, 1.54) is 5.56 Å². The highest BCUT2D eigenvalue weighted by atomic mass is 32.1. The monoisotopic (exact) mass is 267 g/mol. The molecule has 1 aromatic heterocycles. The van der Waals surface area contributed by atoms with Gasteiger partial charge in [0.15, 0.2) is 0 Å². The van der Waals surface area contributed by atoms with Crippen LogP contribution in [0.1, 0.15) is 25.3 Å². The van der Waals surface area contributed by atoms with E-state index < -0.39 is 0 Å². The van der Waals surface area contributed by atoms with Crippen LogP contribution >= 0.6 is 11.3 Å². The van der Waals surface area contributed by atoms with E-state index in [1.807, 2.05) is 0 Å². The van der Waals surface area contributed by atoms with Gasteiger partial charge in [-0.2, -0.15) is 11.3 Å². The van der Waals surface area contributed by atoms with Gasteiger partial charge in [0, 0.05) is 25.2 Å². The standard InChI is InChI=1S/C13H21N3OS/c1-10(8-11-4-7-18-9-11)15-12-2-5-16(6-3-12)13(14)17/h4,7,9-10,12,15H,2-3,5-6,8H2,1H3,(H2,14,17). The van der Waals surface area contributed by atoms with Gasteiger partial charge in [-0.15, -0.1) is 0 Å². The molecule has 0 bridgehead atoms. The van der Waals surface area contributed by atoms with Crippen molar-refractivity contribution in [1.82, 2.24) is 10.2 Å². The van der Waals surface area contributed by atoms with Crippen LogP contribution in [0.4, 0.5) is 4.79 Å². The third kappa shape index (κ3) is 3.71. The van der Waals surface area contributed by atoms with E-state index in [4.69, 9.17) is 5.73 Å². The summed E-state index contributed by atoms with van der Waals surface area (Å²) in [5.74, 6) is 0. The number of urea groups is 1. The van der Waals surface area contributed by atoms with Crippen molar-refractivity contribution in [1.29, 1.82) is 0 Å². The van der Waals surface area contributed by atoms with Crippen molar-refractivity contribution in [3.8, 4) is 0 Å². The van der Waals surface area contributed by atoms with Gasteiger partial charge in [-0.25, -0.2) is 4.79 Å².